The number of benzene rings is 1. The molecular weight excluding hydrogens is 327 g/mol. The highest BCUT2D eigenvalue weighted by atomic mass is 127. The van der Waals surface area contributed by atoms with Gasteiger partial charge in [-0.1, -0.05) is 12.1 Å². The van der Waals surface area contributed by atoms with Crippen molar-refractivity contribution >= 4 is 34.2 Å². The van der Waals surface area contributed by atoms with Crippen LogP contribution in [-0.2, 0) is 10.4 Å². The number of aliphatic hydroxyl groups is 1. The SMILES string of the molecule is O=C1Nc2c(I)cccc2[C@]1(O)C[N+](=O)[O-]. The molecule has 1 atom stereocenters. The van der Waals surface area contributed by atoms with E-state index >= 15 is 0 Å². The standard InChI is InChI=1S/C9H7IN2O4/c10-6-3-1-2-5-7(6)11-8(13)9(5,14)4-12(15)16/h1-3,14H,4H2,(H,11,13)/t9-/m1/s1. The number of hydrogen-bond acceptors (Lipinski definition) is 4. The van der Waals surface area contributed by atoms with Crippen LogP contribution in [0.1, 0.15) is 5.56 Å². The number of hydrogen-bond donors (Lipinski definition) is 2. The molecule has 0 bridgehead atoms. The van der Waals surface area contributed by atoms with Gasteiger partial charge in [-0.3, -0.25) is 14.9 Å². The van der Waals surface area contributed by atoms with E-state index in [-0.39, 0.29) is 5.56 Å². The highest BCUT2D eigenvalue weighted by molar-refractivity contribution is 14.1. The number of rotatable bonds is 2. The summed E-state index contributed by atoms with van der Waals surface area (Å²) in [5, 5.41) is 23.0. The summed E-state index contributed by atoms with van der Waals surface area (Å²) in [6.45, 7) is -0.827. The first kappa shape index (κ1) is 11.3. The summed E-state index contributed by atoms with van der Waals surface area (Å²) in [6.07, 6.45) is 0. The first-order valence-corrected chi connectivity index (χ1v) is 5.47. The van der Waals surface area contributed by atoms with Crippen molar-refractivity contribution in [3.63, 3.8) is 0 Å². The summed E-state index contributed by atoms with van der Waals surface area (Å²) >= 11 is 1.99. The number of carbonyl (C=O) groups is 1. The van der Waals surface area contributed by atoms with E-state index in [0.29, 0.717) is 5.69 Å². The van der Waals surface area contributed by atoms with Crippen LogP contribution >= 0.6 is 22.6 Å². The van der Waals surface area contributed by atoms with E-state index in [9.17, 15) is 20.0 Å². The average Bonchev–Trinajstić information content (AvgIpc) is 2.41. The molecule has 0 radical (unpaired) electrons. The van der Waals surface area contributed by atoms with Crippen molar-refractivity contribution in [3.8, 4) is 0 Å². The number of nitrogens with one attached hydrogen (secondary N) is 1. The molecular formula is C9H7IN2O4. The maximum absolute atomic E-state index is 11.6. The molecule has 0 unspecified atom stereocenters. The number of nitrogens with zero attached hydrogens (tertiary/aromatic N) is 1. The molecule has 0 aliphatic carbocycles. The zero-order chi connectivity index (χ0) is 11.9. The minimum absolute atomic E-state index is 0.265. The predicted octanol–water partition coefficient (Wildman–Crippen LogP) is 0.708. The van der Waals surface area contributed by atoms with Crippen molar-refractivity contribution in [2.45, 2.75) is 5.60 Å². The van der Waals surface area contributed by atoms with E-state index in [1.165, 1.54) is 6.07 Å². The Labute approximate surface area is 104 Å². The van der Waals surface area contributed by atoms with Crippen LogP contribution in [0, 0.1) is 13.7 Å². The smallest absolute Gasteiger partial charge is 0.268 e. The van der Waals surface area contributed by atoms with Crippen molar-refractivity contribution in [3.05, 3.63) is 37.4 Å². The number of amides is 1. The summed E-state index contributed by atoms with van der Waals surface area (Å²) in [4.78, 5) is 21.3. The van der Waals surface area contributed by atoms with Crippen molar-refractivity contribution in [2.24, 2.45) is 0 Å². The minimum Gasteiger partial charge on any atom is -0.370 e. The molecule has 0 saturated heterocycles. The maximum atomic E-state index is 11.6. The average molecular weight is 334 g/mol. The predicted molar refractivity (Wildman–Crippen MR) is 63.5 cm³/mol. The van der Waals surface area contributed by atoms with Crippen LogP contribution in [0.25, 0.3) is 0 Å². The van der Waals surface area contributed by atoms with Gasteiger partial charge in [-0.05, 0) is 28.7 Å². The number of nitro groups is 1. The Morgan fingerprint density at radius 1 is 1.56 bits per heavy atom. The molecule has 2 rings (SSSR count). The third-order valence-corrected chi connectivity index (χ3v) is 3.33. The first-order valence-electron chi connectivity index (χ1n) is 4.40. The van der Waals surface area contributed by atoms with Gasteiger partial charge in [-0.15, -0.1) is 0 Å². The third kappa shape index (κ3) is 1.55. The largest absolute Gasteiger partial charge is 0.370 e. The molecule has 1 heterocycles. The number of halogens is 1. The summed E-state index contributed by atoms with van der Waals surface area (Å²) < 4.78 is 0.739. The topological polar surface area (TPSA) is 92.5 Å². The van der Waals surface area contributed by atoms with Crippen LogP contribution in [0.5, 0.6) is 0 Å². The Balaban J connectivity index is 2.55. The Bertz CT molecular complexity index is 490. The van der Waals surface area contributed by atoms with Crippen LogP contribution in [0.15, 0.2) is 18.2 Å². The molecule has 0 aromatic heterocycles. The summed E-state index contributed by atoms with van der Waals surface area (Å²) in [5.41, 5.74) is -1.33. The van der Waals surface area contributed by atoms with E-state index < -0.39 is 23.0 Å². The fourth-order valence-electron chi connectivity index (χ4n) is 1.68. The zero-order valence-electron chi connectivity index (χ0n) is 7.94. The lowest BCUT2D eigenvalue weighted by Crippen LogP contribution is -2.40. The number of fused-ring (bicyclic) bond motifs is 1. The second-order valence-electron chi connectivity index (χ2n) is 3.47. The van der Waals surface area contributed by atoms with Crippen molar-refractivity contribution in [2.75, 3.05) is 11.9 Å². The van der Waals surface area contributed by atoms with Crippen LogP contribution in [-0.4, -0.2) is 22.5 Å². The monoisotopic (exact) mass is 334 g/mol. The van der Waals surface area contributed by atoms with Crippen LogP contribution in [0.4, 0.5) is 5.69 Å². The van der Waals surface area contributed by atoms with E-state index in [2.05, 4.69) is 5.32 Å². The third-order valence-electron chi connectivity index (χ3n) is 2.43. The lowest BCUT2D eigenvalue weighted by molar-refractivity contribution is -0.498. The normalized spacial score (nSPS) is 22.8. The highest BCUT2D eigenvalue weighted by Crippen LogP contribution is 2.38. The van der Waals surface area contributed by atoms with Gasteiger partial charge < -0.3 is 10.4 Å². The Morgan fingerprint density at radius 2 is 2.25 bits per heavy atom. The minimum atomic E-state index is -2.06. The molecule has 2 N–H and O–H groups in total. The zero-order valence-corrected chi connectivity index (χ0v) is 10.1. The second kappa shape index (κ2) is 3.67. The van der Waals surface area contributed by atoms with Crippen LogP contribution in [0.3, 0.4) is 0 Å². The van der Waals surface area contributed by atoms with Gasteiger partial charge in [0.1, 0.15) is 0 Å². The molecule has 0 fully saturated rings. The lowest BCUT2D eigenvalue weighted by Gasteiger charge is -2.15. The second-order valence-corrected chi connectivity index (χ2v) is 4.63. The van der Waals surface area contributed by atoms with Gasteiger partial charge in [-0.2, -0.15) is 0 Å². The molecule has 1 aliphatic heterocycles. The molecule has 6 nitrogen and oxygen atoms in total. The summed E-state index contributed by atoms with van der Waals surface area (Å²) in [6, 6.07) is 4.91. The highest BCUT2D eigenvalue weighted by Gasteiger charge is 2.50. The Kier molecular flexibility index (Phi) is 2.58. The fourth-order valence-corrected chi connectivity index (χ4v) is 2.31. The molecule has 84 valence electrons. The van der Waals surface area contributed by atoms with E-state index in [4.69, 9.17) is 0 Å². The van der Waals surface area contributed by atoms with E-state index in [1.54, 1.807) is 12.1 Å². The van der Waals surface area contributed by atoms with Gasteiger partial charge in [0, 0.05) is 14.1 Å². The Morgan fingerprint density at radius 3 is 2.88 bits per heavy atom. The lowest BCUT2D eigenvalue weighted by atomic mass is 9.96. The molecule has 1 aromatic carbocycles. The fraction of sp³-hybridized carbons (Fsp3) is 0.222. The number of anilines is 1. The first-order chi connectivity index (χ1) is 7.45. The molecule has 0 saturated carbocycles. The van der Waals surface area contributed by atoms with Crippen LogP contribution < -0.4 is 5.32 Å². The molecule has 1 aromatic rings. The van der Waals surface area contributed by atoms with Crippen molar-refractivity contribution in [1.82, 2.24) is 0 Å². The summed E-state index contributed by atoms with van der Waals surface area (Å²) in [5.74, 6) is -0.747. The van der Waals surface area contributed by atoms with Gasteiger partial charge in [0.15, 0.2) is 0 Å². The molecule has 7 heteroatoms. The van der Waals surface area contributed by atoms with Crippen LogP contribution in [0.2, 0.25) is 0 Å². The number of carbonyl (C=O) groups excluding carboxylic acids is 1. The molecule has 1 amide bonds. The Hall–Kier alpha value is -1.22. The van der Waals surface area contributed by atoms with Gasteiger partial charge in [-0.25, -0.2) is 0 Å². The van der Waals surface area contributed by atoms with Gasteiger partial charge in [0.25, 0.3) is 5.91 Å². The van der Waals surface area contributed by atoms with Crippen molar-refractivity contribution < 1.29 is 14.8 Å². The quantitative estimate of drug-likeness (QED) is 0.473. The van der Waals surface area contributed by atoms with E-state index in [0.717, 1.165) is 3.57 Å². The maximum Gasteiger partial charge on any atom is 0.268 e. The summed E-state index contributed by atoms with van der Waals surface area (Å²) in [7, 11) is 0. The van der Waals surface area contributed by atoms with Gasteiger partial charge in [0.05, 0.1) is 5.69 Å². The van der Waals surface area contributed by atoms with Gasteiger partial charge in [0.2, 0.25) is 12.1 Å². The van der Waals surface area contributed by atoms with Crippen molar-refractivity contribution in [1.29, 1.82) is 0 Å². The number of para-hydroxylation sites is 1. The van der Waals surface area contributed by atoms with E-state index in [1.807, 2.05) is 22.6 Å². The molecule has 1 aliphatic rings. The molecule has 16 heavy (non-hydrogen) atoms. The van der Waals surface area contributed by atoms with Gasteiger partial charge >= 0.3 is 0 Å². The molecule has 0 spiro atoms.